The molecule has 1 aromatic carbocycles. The smallest absolute Gasteiger partial charge is 0.136 e. The molecule has 0 radical (unpaired) electrons. The Hall–Kier alpha value is -1.55. The van der Waals surface area contributed by atoms with E-state index in [1.807, 2.05) is 18.2 Å². The molecule has 72 valence electrons. The van der Waals surface area contributed by atoms with Crippen molar-refractivity contribution in [3.63, 3.8) is 0 Å². The van der Waals surface area contributed by atoms with Gasteiger partial charge in [0.05, 0.1) is 17.6 Å². The van der Waals surface area contributed by atoms with Crippen molar-refractivity contribution >= 4 is 16.7 Å². The molecule has 4 nitrogen and oxygen atoms in total. The van der Waals surface area contributed by atoms with E-state index in [2.05, 4.69) is 9.55 Å². The summed E-state index contributed by atoms with van der Waals surface area (Å²) in [6.45, 7) is 2.23. The van der Waals surface area contributed by atoms with E-state index in [0.29, 0.717) is 6.61 Å². The van der Waals surface area contributed by atoms with Crippen molar-refractivity contribution in [3.05, 3.63) is 24.0 Å². The number of nitrogens with zero attached hydrogens (tertiary/aromatic N) is 2. The molecule has 1 aromatic heterocycles. The van der Waals surface area contributed by atoms with E-state index in [1.165, 1.54) is 0 Å². The lowest BCUT2D eigenvalue weighted by Crippen LogP contribution is -2.16. The second-order valence-electron chi connectivity index (χ2n) is 3.48. The second-order valence-corrected chi connectivity index (χ2v) is 3.48. The SMILES string of the molecule is Nc1ccc2nc3n(c2c1)CCOC3. The van der Waals surface area contributed by atoms with Gasteiger partial charge in [0.15, 0.2) is 0 Å². The highest BCUT2D eigenvalue weighted by atomic mass is 16.5. The third-order valence-corrected chi connectivity index (χ3v) is 2.54. The first kappa shape index (κ1) is 7.82. The highest BCUT2D eigenvalue weighted by molar-refractivity contribution is 5.79. The number of fused-ring (bicyclic) bond motifs is 3. The van der Waals surface area contributed by atoms with Crippen molar-refractivity contribution in [2.24, 2.45) is 0 Å². The predicted octanol–water partition coefficient (Wildman–Crippen LogP) is 1.15. The van der Waals surface area contributed by atoms with Gasteiger partial charge in [-0.3, -0.25) is 0 Å². The molecule has 0 saturated carbocycles. The zero-order chi connectivity index (χ0) is 9.54. The zero-order valence-corrected chi connectivity index (χ0v) is 7.73. The number of aromatic nitrogens is 2. The van der Waals surface area contributed by atoms with Crippen LogP contribution in [0.3, 0.4) is 0 Å². The lowest BCUT2D eigenvalue weighted by molar-refractivity contribution is 0.0830. The van der Waals surface area contributed by atoms with Crippen LogP contribution in [0.25, 0.3) is 11.0 Å². The Morgan fingerprint density at radius 3 is 3.29 bits per heavy atom. The minimum absolute atomic E-state index is 0.606. The van der Waals surface area contributed by atoms with Gasteiger partial charge < -0.3 is 15.0 Å². The summed E-state index contributed by atoms with van der Waals surface area (Å²) in [5, 5.41) is 0. The molecule has 0 saturated heterocycles. The van der Waals surface area contributed by atoms with E-state index in [4.69, 9.17) is 10.5 Å². The first-order valence-electron chi connectivity index (χ1n) is 4.67. The monoisotopic (exact) mass is 189 g/mol. The number of nitrogens with two attached hydrogens (primary N) is 1. The highest BCUT2D eigenvalue weighted by Crippen LogP contribution is 2.21. The molecule has 0 atom stereocenters. The van der Waals surface area contributed by atoms with Gasteiger partial charge >= 0.3 is 0 Å². The van der Waals surface area contributed by atoms with Gasteiger partial charge in [0.2, 0.25) is 0 Å². The van der Waals surface area contributed by atoms with Gasteiger partial charge in [-0.1, -0.05) is 0 Å². The summed E-state index contributed by atoms with van der Waals surface area (Å²) in [7, 11) is 0. The fourth-order valence-corrected chi connectivity index (χ4v) is 1.87. The maximum absolute atomic E-state index is 5.74. The fourth-order valence-electron chi connectivity index (χ4n) is 1.87. The highest BCUT2D eigenvalue weighted by Gasteiger charge is 2.14. The molecule has 3 rings (SSSR count). The van der Waals surface area contributed by atoms with E-state index in [1.54, 1.807) is 0 Å². The summed E-state index contributed by atoms with van der Waals surface area (Å²) in [5.41, 5.74) is 8.64. The molecule has 1 aliphatic heterocycles. The van der Waals surface area contributed by atoms with Crippen molar-refractivity contribution in [3.8, 4) is 0 Å². The van der Waals surface area contributed by atoms with Gasteiger partial charge in [0.1, 0.15) is 12.4 Å². The molecular formula is C10H11N3O. The van der Waals surface area contributed by atoms with Crippen LogP contribution < -0.4 is 5.73 Å². The first-order valence-corrected chi connectivity index (χ1v) is 4.67. The Balaban J connectivity index is 2.32. The summed E-state index contributed by atoms with van der Waals surface area (Å²) < 4.78 is 7.52. The predicted molar refractivity (Wildman–Crippen MR) is 53.8 cm³/mol. The van der Waals surface area contributed by atoms with Gasteiger partial charge in [0.25, 0.3) is 0 Å². The fraction of sp³-hybridized carbons (Fsp3) is 0.300. The Morgan fingerprint density at radius 2 is 2.36 bits per heavy atom. The lowest BCUT2D eigenvalue weighted by Gasteiger charge is -2.14. The summed E-state index contributed by atoms with van der Waals surface area (Å²) in [5.74, 6) is 0.997. The quantitative estimate of drug-likeness (QED) is 0.632. The van der Waals surface area contributed by atoms with E-state index < -0.39 is 0 Å². The average molecular weight is 189 g/mol. The van der Waals surface area contributed by atoms with Gasteiger partial charge in [-0.2, -0.15) is 0 Å². The summed E-state index contributed by atoms with van der Waals surface area (Å²) in [6.07, 6.45) is 0. The number of benzene rings is 1. The maximum atomic E-state index is 5.74. The van der Waals surface area contributed by atoms with Crippen molar-refractivity contribution in [2.45, 2.75) is 13.2 Å². The molecule has 0 fully saturated rings. The molecule has 14 heavy (non-hydrogen) atoms. The summed E-state index contributed by atoms with van der Waals surface area (Å²) in [6, 6.07) is 5.80. The van der Waals surface area contributed by atoms with Gasteiger partial charge in [-0.05, 0) is 18.2 Å². The molecule has 0 spiro atoms. The van der Waals surface area contributed by atoms with E-state index in [-0.39, 0.29) is 0 Å². The Bertz CT molecular complexity index is 489. The Kier molecular flexibility index (Phi) is 1.52. The number of imidazole rings is 1. The third-order valence-electron chi connectivity index (χ3n) is 2.54. The van der Waals surface area contributed by atoms with Gasteiger partial charge in [-0.25, -0.2) is 4.98 Å². The molecule has 2 N–H and O–H groups in total. The number of ether oxygens (including phenoxy) is 1. The van der Waals surface area contributed by atoms with Gasteiger partial charge in [0, 0.05) is 12.2 Å². The molecule has 1 aliphatic rings. The van der Waals surface area contributed by atoms with Crippen LogP contribution in [0.2, 0.25) is 0 Å². The van der Waals surface area contributed by atoms with Crippen molar-refractivity contribution in [1.29, 1.82) is 0 Å². The molecule has 2 heterocycles. The van der Waals surface area contributed by atoms with Gasteiger partial charge in [-0.15, -0.1) is 0 Å². The number of hydrogen-bond acceptors (Lipinski definition) is 3. The molecule has 0 bridgehead atoms. The van der Waals surface area contributed by atoms with Crippen LogP contribution in [-0.4, -0.2) is 16.2 Å². The minimum Gasteiger partial charge on any atom is -0.399 e. The largest absolute Gasteiger partial charge is 0.399 e. The topological polar surface area (TPSA) is 53.1 Å². The third kappa shape index (κ3) is 1.01. The van der Waals surface area contributed by atoms with Crippen LogP contribution in [0.4, 0.5) is 5.69 Å². The summed E-state index contributed by atoms with van der Waals surface area (Å²) in [4.78, 5) is 4.48. The Morgan fingerprint density at radius 1 is 1.43 bits per heavy atom. The van der Waals surface area contributed by atoms with Crippen LogP contribution >= 0.6 is 0 Å². The van der Waals surface area contributed by atoms with Crippen molar-refractivity contribution in [2.75, 3.05) is 12.3 Å². The molecule has 4 heteroatoms. The lowest BCUT2D eigenvalue weighted by atomic mass is 10.3. The number of anilines is 1. The molecule has 0 amide bonds. The van der Waals surface area contributed by atoms with E-state index in [9.17, 15) is 0 Å². The molecule has 2 aromatic rings. The average Bonchev–Trinajstić information content (AvgIpc) is 2.56. The number of nitrogen functional groups attached to an aromatic ring is 1. The molecule has 0 unspecified atom stereocenters. The maximum Gasteiger partial charge on any atom is 0.136 e. The number of hydrogen-bond donors (Lipinski definition) is 1. The molecular weight excluding hydrogens is 178 g/mol. The standard InChI is InChI=1S/C10H11N3O/c11-7-1-2-8-9(5-7)13-3-4-14-6-10(13)12-8/h1-2,5H,3-4,6,11H2. The van der Waals surface area contributed by atoms with Crippen LogP contribution in [0.1, 0.15) is 5.82 Å². The van der Waals surface area contributed by atoms with Crippen LogP contribution in [0.5, 0.6) is 0 Å². The zero-order valence-electron chi connectivity index (χ0n) is 7.73. The minimum atomic E-state index is 0.606. The van der Waals surface area contributed by atoms with Crippen LogP contribution in [0.15, 0.2) is 18.2 Å². The van der Waals surface area contributed by atoms with Crippen molar-refractivity contribution < 1.29 is 4.74 Å². The summed E-state index contributed by atoms with van der Waals surface area (Å²) >= 11 is 0. The number of rotatable bonds is 0. The van der Waals surface area contributed by atoms with E-state index in [0.717, 1.165) is 35.7 Å². The van der Waals surface area contributed by atoms with E-state index >= 15 is 0 Å². The molecule has 0 aliphatic carbocycles. The van der Waals surface area contributed by atoms with Crippen molar-refractivity contribution in [1.82, 2.24) is 9.55 Å². The second kappa shape index (κ2) is 2.72. The normalized spacial score (nSPS) is 15.7. The Labute approximate surface area is 81.3 Å². The first-order chi connectivity index (χ1) is 6.84. The van der Waals surface area contributed by atoms with Crippen LogP contribution in [0, 0.1) is 0 Å². The van der Waals surface area contributed by atoms with Crippen LogP contribution in [-0.2, 0) is 17.9 Å².